The molecular weight excluding hydrogens is 252 g/mol. The quantitative estimate of drug-likeness (QED) is 0.775. The predicted molar refractivity (Wildman–Crippen MR) is 67.8 cm³/mol. The topological polar surface area (TPSA) is 30.3 Å². The molecule has 19 heavy (non-hydrogen) atoms. The Balaban J connectivity index is 2.16. The van der Waals surface area contributed by atoms with E-state index in [4.69, 9.17) is 4.84 Å². The third-order valence-electron chi connectivity index (χ3n) is 2.84. The normalized spacial score (nSPS) is 11.5. The number of fused-ring (bicyclic) bond motifs is 1. The molecule has 1 aromatic heterocycles. The maximum absolute atomic E-state index is 13.4. The molecular formula is C13H16F2N3O. The van der Waals surface area contributed by atoms with Crippen molar-refractivity contribution in [3.63, 3.8) is 0 Å². The van der Waals surface area contributed by atoms with Gasteiger partial charge in [0.15, 0.2) is 11.6 Å². The summed E-state index contributed by atoms with van der Waals surface area (Å²) in [6.07, 6.45) is 3.42. The van der Waals surface area contributed by atoms with Crippen molar-refractivity contribution in [2.45, 2.75) is 13.3 Å². The van der Waals surface area contributed by atoms with Crippen molar-refractivity contribution in [2.75, 3.05) is 27.2 Å². The van der Waals surface area contributed by atoms with Gasteiger partial charge in [-0.3, -0.25) is 0 Å². The standard InChI is InChI=1S/C13H16F2N3O/c1-9-12(15)10(14)7-11-13(9)16-8-18(11)19-6-4-5-17(2)3/h7H,4-6H2,1-3H3. The zero-order valence-corrected chi connectivity index (χ0v) is 11.2. The van der Waals surface area contributed by atoms with Crippen LogP contribution in [0.5, 0.6) is 0 Å². The van der Waals surface area contributed by atoms with E-state index < -0.39 is 11.6 Å². The third-order valence-corrected chi connectivity index (χ3v) is 2.84. The Hall–Kier alpha value is -1.69. The Labute approximate surface area is 110 Å². The largest absolute Gasteiger partial charge is 0.412 e. The van der Waals surface area contributed by atoms with E-state index in [-0.39, 0.29) is 5.56 Å². The molecule has 103 valence electrons. The maximum Gasteiger partial charge on any atom is 0.216 e. The van der Waals surface area contributed by atoms with Crippen LogP contribution in [0.2, 0.25) is 0 Å². The van der Waals surface area contributed by atoms with Crippen molar-refractivity contribution in [3.8, 4) is 0 Å². The van der Waals surface area contributed by atoms with Crippen molar-refractivity contribution >= 4 is 11.0 Å². The zero-order chi connectivity index (χ0) is 14.0. The molecule has 1 radical (unpaired) electrons. The predicted octanol–water partition coefficient (Wildman–Crippen LogP) is 1.80. The van der Waals surface area contributed by atoms with Gasteiger partial charge in [0.1, 0.15) is 12.1 Å². The molecule has 1 aromatic carbocycles. The molecule has 0 fully saturated rings. The molecule has 0 amide bonds. The number of benzene rings is 1. The molecule has 0 spiro atoms. The first-order valence-corrected chi connectivity index (χ1v) is 6.03. The number of hydrogen-bond acceptors (Lipinski definition) is 3. The van der Waals surface area contributed by atoms with Crippen LogP contribution in [0.25, 0.3) is 11.0 Å². The summed E-state index contributed by atoms with van der Waals surface area (Å²) < 4.78 is 28.0. The second kappa shape index (κ2) is 5.52. The van der Waals surface area contributed by atoms with Gasteiger partial charge in [-0.1, -0.05) is 0 Å². The summed E-state index contributed by atoms with van der Waals surface area (Å²) in [5.74, 6) is -1.78. The summed E-state index contributed by atoms with van der Waals surface area (Å²) in [4.78, 5) is 11.4. The van der Waals surface area contributed by atoms with Crippen LogP contribution in [-0.4, -0.2) is 41.9 Å². The summed E-state index contributed by atoms with van der Waals surface area (Å²) >= 11 is 0. The number of nitrogens with zero attached hydrogens (tertiary/aromatic N) is 3. The highest BCUT2D eigenvalue weighted by Gasteiger charge is 2.15. The molecule has 4 nitrogen and oxygen atoms in total. The summed E-state index contributed by atoms with van der Waals surface area (Å²) in [6, 6.07) is 1.08. The minimum atomic E-state index is -0.906. The van der Waals surface area contributed by atoms with Gasteiger partial charge in [0.25, 0.3) is 0 Å². The molecule has 0 unspecified atom stereocenters. The van der Waals surface area contributed by atoms with Crippen LogP contribution in [0, 0.1) is 24.9 Å². The Morgan fingerprint density at radius 1 is 1.42 bits per heavy atom. The molecule has 0 atom stereocenters. The van der Waals surface area contributed by atoms with Crippen LogP contribution in [-0.2, 0) is 0 Å². The molecule has 0 aliphatic carbocycles. The van der Waals surface area contributed by atoms with Gasteiger partial charge in [-0.05, 0) is 27.4 Å². The fourth-order valence-electron chi connectivity index (χ4n) is 1.81. The number of hydrogen-bond donors (Lipinski definition) is 0. The molecule has 0 bridgehead atoms. The van der Waals surface area contributed by atoms with Gasteiger partial charge in [0.05, 0.1) is 5.52 Å². The first kappa shape index (κ1) is 13.7. The third kappa shape index (κ3) is 2.84. The molecule has 2 rings (SSSR count). The molecule has 0 saturated heterocycles. The number of aryl methyl sites for hydroxylation is 1. The van der Waals surface area contributed by atoms with E-state index in [0.717, 1.165) is 19.0 Å². The van der Waals surface area contributed by atoms with Crippen LogP contribution in [0.1, 0.15) is 12.0 Å². The Morgan fingerprint density at radius 2 is 2.16 bits per heavy atom. The zero-order valence-electron chi connectivity index (χ0n) is 11.2. The monoisotopic (exact) mass is 268 g/mol. The lowest BCUT2D eigenvalue weighted by atomic mass is 10.2. The minimum absolute atomic E-state index is 0.168. The van der Waals surface area contributed by atoms with E-state index in [2.05, 4.69) is 11.3 Å². The van der Waals surface area contributed by atoms with Crippen molar-refractivity contribution in [1.29, 1.82) is 0 Å². The minimum Gasteiger partial charge on any atom is -0.412 e. The first-order valence-electron chi connectivity index (χ1n) is 6.03. The summed E-state index contributed by atoms with van der Waals surface area (Å²) in [5, 5.41) is 0. The van der Waals surface area contributed by atoms with E-state index in [1.165, 1.54) is 11.7 Å². The maximum atomic E-state index is 13.4. The molecule has 0 N–H and O–H groups in total. The lowest BCUT2D eigenvalue weighted by Gasteiger charge is -2.10. The van der Waals surface area contributed by atoms with Crippen molar-refractivity contribution in [1.82, 2.24) is 14.6 Å². The summed E-state index contributed by atoms with van der Waals surface area (Å²) in [7, 11) is 3.94. The SMILES string of the molecule is Cc1c(F)c(F)cc2c1n[c]n2OCCCN(C)C. The smallest absolute Gasteiger partial charge is 0.216 e. The van der Waals surface area contributed by atoms with Crippen LogP contribution in [0.4, 0.5) is 8.78 Å². The van der Waals surface area contributed by atoms with E-state index in [1.807, 2.05) is 19.0 Å². The van der Waals surface area contributed by atoms with Gasteiger partial charge in [0, 0.05) is 18.2 Å². The second-order valence-corrected chi connectivity index (χ2v) is 4.66. The molecule has 0 aliphatic rings. The van der Waals surface area contributed by atoms with Crippen molar-refractivity contribution in [2.24, 2.45) is 0 Å². The molecule has 0 saturated carbocycles. The van der Waals surface area contributed by atoms with Crippen LogP contribution >= 0.6 is 0 Å². The molecule has 6 heteroatoms. The number of imidazole rings is 1. The fourth-order valence-corrected chi connectivity index (χ4v) is 1.81. The van der Waals surface area contributed by atoms with E-state index in [0.29, 0.717) is 17.6 Å². The summed E-state index contributed by atoms with van der Waals surface area (Å²) in [5.41, 5.74) is 0.926. The molecule has 1 heterocycles. The van der Waals surface area contributed by atoms with E-state index >= 15 is 0 Å². The van der Waals surface area contributed by atoms with Gasteiger partial charge < -0.3 is 9.74 Å². The van der Waals surface area contributed by atoms with Crippen LogP contribution < -0.4 is 4.84 Å². The highest BCUT2D eigenvalue weighted by atomic mass is 19.2. The second-order valence-electron chi connectivity index (χ2n) is 4.66. The van der Waals surface area contributed by atoms with E-state index in [9.17, 15) is 8.78 Å². The number of rotatable bonds is 5. The van der Waals surface area contributed by atoms with Gasteiger partial charge in [0.2, 0.25) is 6.33 Å². The van der Waals surface area contributed by atoms with Crippen LogP contribution in [0.15, 0.2) is 6.07 Å². The van der Waals surface area contributed by atoms with Crippen LogP contribution in [0.3, 0.4) is 0 Å². The fraction of sp³-hybridized carbons (Fsp3) is 0.462. The average Bonchev–Trinajstić information content (AvgIpc) is 2.75. The van der Waals surface area contributed by atoms with Gasteiger partial charge in [-0.2, -0.15) is 4.73 Å². The first-order chi connectivity index (χ1) is 9.00. The van der Waals surface area contributed by atoms with Gasteiger partial charge >= 0.3 is 0 Å². The molecule has 2 aromatic rings. The summed E-state index contributed by atoms with van der Waals surface area (Å²) in [6.45, 7) is 2.82. The number of aromatic nitrogens is 2. The highest BCUT2D eigenvalue weighted by Crippen LogP contribution is 2.21. The Bertz CT molecular complexity index is 581. The number of halogens is 2. The van der Waals surface area contributed by atoms with Crippen molar-refractivity contribution < 1.29 is 13.6 Å². The van der Waals surface area contributed by atoms with E-state index in [1.54, 1.807) is 0 Å². The van der Waals surface area contributed by atoms with Gasteiger partial charge in [-0.15, -0.1) is 0 Å². The lowest BCUT2D eigenvalue weighted by Crippen LogP contribution is -2.19. The Kier molecular flexibility index (Phi) is 3.99. The lowest BCUT2D eigenvalue weighted by molar-refractivity contribution is 0.110. The highest BCUT2D eigenvalue weighted by molar-refractivity contribution is 5.78. The Morgan fingerprint density at radius 3 is 2.84 bits per heavy atom. The molecule has 0 aliphatic heterocycles. The average molecular weight is 268 g/mol. The van der Waals surface area contributed by atoms with Crippen molar-refractivity contribution in [3.05, 3.63) is 29.6 Å². The van der Waals surface area contributed by atoms with Gasteiger partial charge in [-0.25, -0.2) is 13.8 Å².